The number of nitrogens with one attached hydrogen (secondary N) is 2. The molecule has 0 radical (unpaired) electrons. The molecule has 0 aliphatic rings. The minimum Gasteiger partial charge on any atom is -0.374 e. The lowest BCUT2D eigenvalue weighted by atomic mass is 10.1. The molecule has 1 atom stereocenters. The molecular weight excluding hydrogens is 322 g/mol. The highest BCUT2D eigenvalue weighted by atomic mass is 16.7. The van der Waals surface area contributed by atoms with Gasteiger partial charge in [0.2, 0.25) is 5.91 Å². The summed E-state index contributed by atoms with van der Waals surface area (Å²) >= 11 is 0. The number of terminal acetylenes is 1. The van der Waals surface area contributed by atoms with Crippen molar-refractivity contribution in [1.29, 1.82) is 0 Å². The second-order valence-electron chi connectivity index (χ2n) is 5.24. The van der Waals surface area contributed by atoms with Crippen LogP contribution in [0.15, 0.2) is 18.2 Å². The van der Waals surface area contributed by atoms with E-state index >= 15 is 0 Å². The lowest BCUT2D eigenvalue weighted by molar-refractivity contribution is -0.185. The van der Waals surface area contributed by atoms with Gasteiger partial charge in [0.15, 0.2) is 0 Å². The molecule has 0 spiro atoms. The summed E-state index contributed by atoms with van der Waals surface area (Å²) in [5.41, 5.74) is 1.81. The van der Waals surface area contributed by atoms with Crippen LogP contribution in [-0.2, 0) is 21.0 Å². The maximum Gasteiger partial charge on any atom is 0.239 e. The Hall–Kier alpha value is -2.69. The number of likely N-dealkylation sites (N-methyl/N-ethyl adjacent to an activating group) is 2. The van der Waals surface area contributed by atoms with Crippen LogP contribution in [0.2, 0.25) is 0 Å². The number of carbonyl (C=O) groups excluding carboxylic acids is 3. The van der Waals surface area contributed by atoms with E-state index < -0.39 is 6.04 Å². The van der Waals surface area contributed by atoms with Crippen LogP contribution < -0.4 is 10.6 Å². The van der Waals surface area contributed by atoms with Crippen LogP contribution in [0.5, 0.6) is 0 Å². The van der Waals surface area contributed by atoms with Gasteiger partial charge in [-0.1, -0.05) is 18.1 Å². The van der Waals surface area contributed by atoms with Crippen LogP contribution in [-0.4, -0.2) is 50.2 Å². The fourth-order valence-electron chi connectivity index (χ4n) is 2.31. The highest BCUT2D eigenvalue weighted by Crippen LogP contribution is 2.21. The third-order valence-corrected chi connectivity index (χ3v) is 3.68. The largest absolute Gasteiger partial charge is 0.374 e. The number of nitrogens with zero attached hydrogens (tertiary/aromatic N) is 1. The van der Waals surface area contributed by atoms with Gasteiger partial charge in [-0.05, 0) is 12.5 Å². The smallest absolute Gasteiger partial charge is 0.239 e. The van der Waals surface area contributed by atoms with Crippen molar-refractivity contribution < 1.29 is 19.2 Å². The average Bonchev–Trinajstić information content (AvgIpc) is 2.64. The molecule has 1 amide bonds. The molecule has 1 aromatic rings. The lowest BCUT2D eigenvalue weighted by Crippen LogP contribution is -2.44. The summed E-state index contributed by atoms with van der Waals surface area (Å²) < 4.78 is 0. The molecule has 1 rings (SSSR count). The second-order valence-corrected chi connectivity index (χ2v) is 5.24. The molecule has 0 heterocycles. The van der Waals surface area contributed by atoms with E-state index in [1.54, 1.807) is 25.2 Å². The zero-order chi connectivity index (χ0) is 18.7. The average molecular weight is 345 g/mol. The number of carbonyl (C=O) groups is 3. The summed E-state index contributed by atoms with van der Waals surface area (Å²) in [4.78, 5) is 39.5. The normalized spacial score (nSPS) is 11.4. The van der Waals surface area contributed by atoms with Gasteiger partial charge in [0, 0.05) is 37.3 Å². The highest BCUT2D eigenvalue weighted by Gasteiger charge is 2.23. The van der Waals surface area contributed by atoms with Gasteiger partial charge in [0.05, 0.1) is 13.2 Å². The Morgan fingerprint density at radius 3 is 2.80 bits per heavy atom. The molecule has 0 saturated heterocycles. The van der Waals surface area contributed by atoms with Crippen molar-refractivity contribution in [3.8, 4) is 12.3 Å². The van der Waals surface area contributed by atoms with Crippen molar-refractivity contribution in [2.45, 2.75) is 25.5 Å². The molecule has 7 heteroatoms. The molecule has 25 heavy (non-hydrogen) atoms. The van der Waals surface area contributed by atoms with Gasteiger partial charge < -0.3 is 15.4 Å². The molecule has 1 aromatic carbocycles. The van der Waals surface area contributed by atoms with Crippen LogP contribution in [0, 0.1) is 12.3 Å². The molecule has 0 aliphatic carbocycles. The molecular formula is C18H23N3O4. The molecule has 0 fully saturated rings. The van der Waals surface area contributed by atoms with E-state index in [1.165, 1.54) is 12.1 Å². The molecule has 0 saturated carbocycles. The molecule has 2 N–H and O–H groups in total. The number of benzene rings is 1. The van der Waals surface area contributed by atoms with Crippen LogP contribution in [0.25, 0.3) is 0 Å². The van der Waals surface area contributed by atoms with Crippen molar-refractivity contribution in [3.05, 3.63) is 29.3 Å². The van der Waals surface area contributed by atoms with Crippen molar-refractivity contribution in [1.82, 2.24) is 10.4 Å². The number of hydroxylamine groups is 2. The first-order chi connectivity index (χ1) is 12.1. The standard InChI is InChI=1S/C18H23N3O4/c1-4-10-20-16-8-5-7-14(12-23)15(16)13-25-21(3)17(9-6-11-22)18(24)19-2/h1,5,7-8,11-12,17,20H,6,9-10,13H2,2-3H3,(H,19,24). The Bertz CT molecular complexity index is 640. The van der Waals surface area contributed by atoms with Gasteiger partial charge in [-0.15, -0.1) is 6.42 Å². The van der Waals surface area contributed by atoms with E-state index in [4.69, 9.17) is 11.3 Å². The molecule has 7 nitrogen and oxygen atoms in total. The first-order valence-corrected chi connectivity index (χ1v) is 7.84. The molecule has 134 valence electrons. The highest BCUT2D eigenvalue weighted by molar-refractivity contribution is 5.82. The zero-order valence-corrected chi connectivity index (χ0v) is 14.5. The van der Waals surface area contributed by atoms with Crippen molar-refractivity contribution in [2.24, 2.45) is 0 Å². The fourth-order valence-corrected chi connectivity index (χ4v) is 2.31. The lowest BCUT2D eigenvalue weighted by Gasteiger charge is -2.26. The number of rotatable bonds is 11. The van der Waals surface area contributed by atoms with E-state index in [9.17, 15) is 14.4 Å². The van der Waals surface area contributed by atoms with Crippen molar-refractivity contribution >= 4 is 24.2 Å². The zero-order valence-electron chi connectivity index (χ0n) is 14.5. The summed E-state index contributed by atoms with van der Waals surface area (Å²) in [7, 11) is 3.14. The first-order valence-electron chi connectivity index (χ1n) is 7.84. The monoisotopic (exact) mass is 345 g/mol. The summed E-state index contributed by atoms with van der Waals surface area (Å²) in [6.07, 6.45) is 7.33. The molecule has 0 aromatic heterocycles. The van der Waals surface area contributed by atoms with Crippen LogP contribution in [0.4, 0.5) is 5.69 Å². The minimum atomic E-state index is -0.610. The Balaban J connectivity index is 2.90. The van der Waals surface area contributed by atoms with Gasteiger partial charge in [-0.3, -0.25) is 14.4 Å². The van der Waals surface area contributed by atoms with Crippen LogP contribution in [0.3, 0.4) is 0 Å². The molecule has 1 unspecified atom stereocenters. The van der Waals surface area contributed by atoms with E-state index in [0.29, 0.717) is 29.8 Å². The summed E-state index contributed by atoms with van der Waals surface area (Å²) in [5, 5.41) is 6.99. The molecule has 0 bridgehead atoms. The van der Waals surface area contributed by atoms with E-state index in [2.05, 4.69) is 16.6 Å². The number of hydrogen-bond donors (Lipinski definition) is 2. The van der Waals surface area contributed by atoms with Gasteiger partial charge >= 0.3 is 0 Å². The number of amides is 1. The van der Waals surface area contributed by atoms with Crippen molar-refractivity contribution in [3.63, 3.8) is 0 Å². The van der Waals surface area contributed by atoms with E-state index in [-0.39, 0.29) is 18.9 Å². The third kappa shape index (κ3) is 6.03. The topological polar surface area (TPSA) is 87.7 Å². The summed E-state index contributed by atoms with van der Waals surface area (Å²) in [6.45, 7) is 0.387. The summed E-state index contributed by atoms with van der Waals surface area (Å²) in [5.74, 6) is 2.22. The Labute approximate surface area is 147 Å². The van der Waals surface area contributed by atoms with Crippen LogP contribution >= 0.6 is 0 Å². The number of hydrogen-bond acceptors (Lipinski definition) is 6. The SMILES string of the molecule is C#CCNc1cccc(C=O)c1CON(C)C(CCC=O)C(=O)NC. The van der Waals surface area contributed by atoms with Crippen molar-refractivity contribution in [2.75, 3.05) is 26.0 Å². The third-order valence-electron chi connectivity index (χ3n) is 3.68. The van der Waals surface area contributed by atoms with E-state index in [1.807, 2.05) is 0 Å². The maximum atomic E-state index is 12.0. The van der Waals surface area contributed by atoms with Gasteiger partial charge in [0.1, 0.15) is 18.6 Å². The maximum absolute atomic E-state index is 12.0. The minimum absolute atomic E-state index is 0.0763. The predicted molar refractivity (Wildman–Crippen MR) is 94.9 cm³/mol. The number of aldehydes is 2. The Morgan fingerprint density at radius 2 is 2.20 bits per heavy atom. The second kappa shape index (κ2) is 11.0. The summed E-state index contributed by atoms with van der Waals surface area (Å²) in [6, 6.07) is 4.61. The fraction of sp³-hybridized carbons (Fsp3) is 0.389. The quantitative estimate of drug-likeness (QED) is 0.353. The van der Waals surface area contributed by atoms with E-state index in [0.717, 1.165) is 12.6 Å². The Morgan fingerprint density at radius 1 is 1.44 bits per heavy atom. The van der Waals surface area contributed by atoms with Gasteiger partial charge in [0.25, 0.3) is 0 Å². The molecule has 0 aliphatic heterocycles. The number of anilines is 1. The predicted octanol–water partition coefficient (Wildman–Crippen LogP) is 1.00. The van der Waals surface area contributed by atoms with Crippen LogP contribution in [0.1, 0.15) is 28.8 Å². The van der Waals surface area contributed by atoms with Gasteiger partial charge in [-0.25, -0.2) is 0 Å². The Kier molecular flexibility index (Phi) is 8.93. The van der Waals surface area contributed by atoms with Gasteiger partial charge in [-0.2, -0.15) is 5.06 Å². The first kappa shape index (κ1) is 20.4.